The van der Waals surface area contributed by atoms with Crippen molar-refractivity contribution in [2.75, 3.05) is 0 Å². The topological polar surface area (TPSA) is 0 Å². The lowest BCUT2D eigenvalue weighted by Gasteiger charge is -2.15. The summed E-state index contributed by atoms with van der Waals surface area (Å²) in [5.74, 6) is 0.313. The van der Waals surface area contributed by atoms with E-state index in [0.29, 0.717) is 5.92 Å². The fraction of sp³-hybridized carbons (Fsp3) is 0.765. The molecule has 1 heterocycles. The third kappa shape index (κ3) is 6.86. The first-order valence-corrected chi connectivity index (χ1v) is 8.97. The van der Waals surface area contributed by atoms with Crippen LogP contribution < -0.4 is 0 Å². The first-order valence-electron chi connectivity index (χ1n) is 8.16. The molecule has 0 amide bonds. The Kier molecular flexibility index (Phi) is 8.38. The molecule has 0 spiro atoms. The van der Waals surface area contributed by atoms with Crippen LogP contribution in [0.5, 0.6) is 0 Å². The van der Waals surface area contributed by atoms with Gasteiger partial charge in [-0.25, -0.2) is 0 Å². The molecule has 0 nitrogen and oxygen atoms in total. The Hall–Kier alpha value is -0.510. The summed E-state index contributed by atoms with van der Waals surface area (Å²) in [6.07, 6.45) is 6.11. The van der Waals surface area contributed by atoms with Crippen molar-refractivity contribution in [2.45, 2.75) is 83.7 Å². The SMILES string of the molecule is CCCCCCCC(CCCC)c1ccc(C(F)(F)F)s1. The highest BCUT2D eigenvalue weighted by Crippen LogP contribution is 2.39. The standard InChI is InChI=1S/C17H27F3S/c1-3-5-7-8-9-11-14(10-6-4-2)15-12-13-16(21-15)17(18,19)20/h12-14H,3-11H2,1-2H3. The Bertz CT molecular complexity index is 382. The molecular weight excluding hydrogens is 293 g/mol. The summed E-state index contributed by atoms with van der Waals surface area (Å²) in [5, 5.41) is 0. The van der Waals surface area contributed by atoms with E-state index in [1.807, 2.05) is 0 Å². The fourth-order valence-electron chi connectivity index (χ4n) is 2.60. The largest absolute Gasteiger partial charge is 0.425 e. The Morgan fingerprint density at radius 3 is 2.10 bits per heavy atom. The number of hydrogen-bond acceptors (Lipinski definition) is 1. The molecule has 0 saturated heterocycles. The number of thiophene rings is 1. The van der Waals surface area contributed by atoms with Crippen LogP contribution in [-0.2, 0) is 6.18 Å². The van der Waals surface area contributed by atoms with Crippen molar-refractivity contribution in [1.29, 1.82) is 0 Å². The molecule has 0 aromatic carbocycles. The van der Waals surface area contributed by atoms with E-state index in [1.165, 1.54) is 31.7 Å². The number of unbranched alkanes of at least 4 members (excludes halogenated alkanes) is 5. The van der Waals surface area contributed by atoms with Crippen molar-refractivity contribution in [3.8, 4) is 0 Å². The van der Waals surface area contributed by atoms with Crippen LogP contribution in [0.15, 0.2) is 12.1 Å². The molecule has 21 heavy (non-hydrogen) atoms. The molecule has 0 fully saturated rings. The molecule has 0 radical (unpaired) electrons. The molecule has 1 atom stereocenters. The van der Waals surface area contributed by atoms with Gasteiger partial charge in [-0.2, -0.15) is 13.2 Å². The van der Waals surface area contributed by atoms with Crippen molar-refractivity contribution in [2.24, 2.45) is 0 Å². The van der Waals surface area contributed by atoms with Crippen molar-refractivity contribution in [3.05, 3.63) is 21.9 Å². The van der Waals surface area contributed by atoms with Crippen molar-refractivity contribution in [1.82, 2.24) is 0 Å². The maximum atomic E-state index is 12.7. The zero-order chi connectivity index (χ0) is 15.7. The summed E-state index contributed by atoms with van der Waals surface area (Å²) in [6, 6.07) is 2.94. The highest BCUT2D eigenvalue weighted by atomic mass is 32.1. The molecular formula is C17H27F3S. The Morgan fingerprint density at radius 1 is 0.905 bits per heavy atom. The fourth-order valence-corrected chi connectivity index (χ4v) is 3.64. The maximum Gasteiger partial charge on any atom is 0.425 e. The van der Waals surface area contributed by atoms with Crippen LogP contribution >= 0.6 is 11.3 Å². The van der Waals surface area contributed by atoms with Gasteiger partial charge in [0.2, 0.25) is 0 Å². The van der Waals surface area contributed by atoms with E-state index in [-0.39, 0.29) is 0 Å². The molecule has 1 unspecified atom stereocenters. The van der Waals surface area contributed by atoms with E-state index in [4.69, 9.17) is 0 Å². The van der Waals surface area contributed by atoms with Crippen molar-refractivity contribution < 1.29 is 13.2 Å². The minimum Gasteiger partial charge on any atom is -0.165 e. The molecule has 1 aromatic rings. The summed E-state index contributed by atoms with van der Waals surface area (Å²) >= 11 is 0.942. The minimum atomic E-state index is -4.20. The molecule has 0 N–H and O–H groups in total. The normalized spacial score (nSPS) is 13.6. The molecule has 1 rings (SSSR count). The molecule has 0 bridgehead atoms. The first-order chi connectivity index (χ1) is 9.99. The van der Waals surface area contributed by atoms with Gasteiger partial charge in [0.15, 0.2) is 0 Å². The zero-order valence-corrected chi connectivity index (χ0v) is 14.0. The van der Waals surface area contributed by atoms with Gasteiger partial charge in [0, 0.05) is 4.88 Å². The summed E-state index contributed by atoms with van der Waals surface area (Å²) in [5.41, 5.74) is 0. The lowest BCUT2D eigenvalue weighted by atomic mass is 9.94. The summed E-state index contributed by atoms with van der Waals surface area (Å²) in [7, 11) is 0. The molecule has 0 saturated carbocycles. The van der Waals surface area contributed by atoms with Crippen LogP contribution in [0.3, 0.4) is 0 Å². The van der Waals surface area contributed by atoms with E-state index in [2.05, 4.69) is 13.8 Å². The van der Waals surface area contributed by atoms with Gasteiger partial charge in [0.25, 0.3) is 0 Å². The van der Waals surface area contributed by atoms with Crippen LogP contribution in [0.2, 0.25) is 0 Å². The van der Waals surface area contributed by atoms with Gasteiger partial charge in [-0.3, -0.25) is 0 Å². The highest BCUT2D eigenvalue weighted by Gasteiger charge is 2.33. The molecule has 122 valence electrons. The second-order valence-electron chi connectivity index (χ2n) is 5.74. The van der Waals surface area contributed by atoms with Crippen LogP contribution in [-0.4, -0.2) is 0 Å². The average Bonchev–Trinajstić information content (AvgIpc) is 2.91. The average molecular weight is 320 g/mol. The van der Waals surface area contributed by atoms with Gasteiger partial charge in [0.05, 0.1) is 0 Å². The zero-order valence-electron chi connectivity index (χ0n) is 13.1. The number of hydrogen-bond donors (Lipinski definition) is 0. The summed E-state index contributed by atoms with van der Waals surface area (Å²) in [6.45, 7) is 4.32. The highest BCUT2D eigenvalue weighted by molar-refractivity contribution is 7.12. The van der Waals surface area contributed by atoms with Gasteiger partial charge in [-0.15, -0.1) is 11.3 Å². The predicted molar refractivity (Wildman–Crippen MR) is 85.0 cm³/mol. The second-order valence-corrected chi connectivity index (χ2v) is 6.86. The quantitative estimate of drug-likeness (QED) is 0.394. The van der Waals surface area contributed by atoms with Crippen molar-refractivity contribution >= 4 is 11.3 Å². The monoisotopic (exact) mass is 320 g/mol. The van der Waals surface area contributed by atoms with Crippen LogP contribution in [0.25, 0.3) is 0 Å². The van der Waals surface area contributed by atoms with E-state index in [9.17, 15) is 13.2 Å². The Balaban J connectivity index is 2.57. The molecule has 1 aromatic heterocycles. The maximum absolute atomic E-state index is 12.7. The molecule has 0 aliphatic carbocycles. The van der Waals surface area contributed by atoms with Gasteiger partial charge < -0.3 is 0 Å². The van der Waals surface area contributed by atoms with Crippen LogP contribution in [0, 0.1) is 0 Å². The summed E-state index contributed by atoms with van der Waals surface area (Å²) < 4.78 is 38.2. The smallest absolute Gasteiger partial charge is 0.165 e. The van der Waals surface area contributed by atoms with Gasteiger partial charge in [-0.05, 0) is 30.9 Å². The minimum absolute atomic E-state index is 0.313. The van der Waals surface area contributed by atoms with E-state index < -0.39 is 11.1 Å². The first kappa shape index (κ1) is 18.5. The van der Waals surface area contributed by atoms with Crippen LogP contribution in [0.4, 0.5) is 13.2 Å². The molecule has 0 aliphatic heterocycles. The van der Waals surface area contributed by atoms with Crippen molar-refractivity contribution in [3.63, 3.8) is 0 Å². The lowest BCUT2D eigenvalue weighted by Crippen LogP contribution is -2.01. The molecule has 4 heteroatoms. The third-order valence-electron chi connectivity index (χ3n) is 3.87. The van der Waals surface area contributed by atoms with Gasteiger partial charge >= 0.3 is 6.18 Å². The van der Waals surface area contributed by atoms with E-state index in [0.717, 1.165) is 48.3 Å². The van der Waals surface area contributed by atoms with Crippen LogP contribution in [0.1, 0.15) is 87.3 Å². The Labute approximate surface area is 130 Å². The van der Waals surface area contributed by atoms with Gasteiger partial charge in [-0.1, -0.05) is 58.8 Å². The predicted octanol–water partition coefficient (Wildman–Crippen LogP) is 7.40. The molecule has 0 aliphatic rings. The number of rotatable bonds is 10. The van der Waals surface area contributed by atoms with E-state index in [1.54, 1.807) is 6.07 Å². The number of alkyl halides is 3. The summed E-state index contributed by atoms with van der Waals surface area (Å²) in [4.78, 5) is 0.469. The third-order valence-corrected chi connectivity index (χ3v) is 5.16. The lowest BCUT2D eigenvalue weighted by molar-refractivity contribution is -0.134. The number of halogens is 3. The Morgan fingerprint density at radius 2 is 1.52 bits per heavy atom. The van der Waals surface area contributed by atoms with Gasteiger partial charge in [0.1, 0.15) is 4.88 Å². The van der Waals surface area contributed by atoms with E-state index >= 15 is 0 Å². The second kappa shape index (κ2) is 9.50.